The predicted octanol–water partition coefficient (Wildman–Crippen LogP) is 3.62. The summed E-state index contributed by atoms with van der Waals surface area (Å²) in [6, 6.07) is 9.30. The van der Waals surface area contributed by atoms with E-state index >= 15 is 0 Å². The molecule has 0 unspecified atom stereocenters. The number of hydrogen-bond donors (Lipinski definition) is 1. The number of nitrogens with zero attached hydrogens (tertiary/aromatic N) is 2. The van der Waals surface area contributed by atoms with E-state index in [9.17, 15) is 14.0 Å². The Labute approximate surface area is 153 Å². The van der Waals surface area contributed by atoms with E-state index in [1.165, 1.54) is 25.3 Å². The summed E-state index contributed by atoms with van der Waals surface area (Å²) in [6.45, 7) is 3.27. The minimum Gasteiger partial charge on any atom is -0.448 e. The molecule has 0 spiro atoms. The first-order valence-electron chi connectivity index (χ1n) is 7.77. The smallest absolute Gasteiger partial charge is 0.359 e. The Kier molecular flexibility index (Phi) is 4.90. The second-order valence-corrected chi connectivity index (χ2v) is 6.12. The minimum absolute atomic E-state index is 0.0503. The number of nitrogens with one attached hydrogen (secondary N) is 1. The van der Waals surface area contributed by atoms with Gasteiger partial charge < -0.3 is 14.5 Å². The van der Waals surface area contributed by atoms with Crippen molar-refractivity contribution in [1.82, 2.24) is 9.38 Å². The first-order valence-corrected chi connectivity index (χ1v) is 8.14. The molecule has 0 aliphatic carbocycles. The van der Waals surface area contributed by atoms with Crippen LogP contribution in [-0.4, -0.2) is 27.4 Å². The molecule has 6 nitrogen and oxygen atoms in total. The molecule has 2 aromatic heterocycles. The number of carbonyl (C=O) groups is 2. The van der Waals surface area contributed by atoms with Crippen molar-refractivity contribution in [2.24, 2.45) is 0 Å². The molecule has 0 fully saturated rings. The van der Waals surface area contributed by atoms with Crippen molar-refractivity contribution in [3.05, 3.63) is 64.8 Å². The van der Waals surface area contributed by atoms with Crippen molar-refractivity contribution in [2.45, 2.75) is 20.0 Å². The maximum Gasteiger partial charge on any atom is 0.359 e. The molecule has 1 amide bonds. The third kappa shape index (κ3) is 3.67. The van der Waals surface area contributed by atoms with Gasteiger partial charge in [0, 0.05) is 16.9 Å². The predicted molar refractivity (Wildman–Crippen MR) is 94.8 cm³/mol. The van der Waals surface area contributed by atoms with E-state index in [0.29, 0.717) is 5.65 Å². The molecule has 0 aliphatic heterocycles. The zero-order chi connectivity index (χ0) is 18.8. The van der Waals surface area contributed by atoms with Crippen LogP contribution in [0.3, 0.4) is 0 Å². The highest BCUT2D eigenvalue weighted by molar-refractivity contribution is 6.30. The fourth-order valence-corrected chi connectivity index (χ4v) is 2.51. The molecule has 2 heterocycles. The van der Waals surface area contributed by atoms with Gasteiger partial charge in [0.15, 0.2) is 11.8 Å². The molecule has 1 aromatic carbocycles. The molecule has 8 heteroatoms. The molecular weight excluding hydrogens is 361 g/mol. The molecule has 1 N–H and O–H groups in total. The second-order valence-electron chi connectivity index (χ2n) is 5.68. The number of ether oxygens (including phenoxy) is 1. The van der Waals surface area contributed by atoms with Crippen molar-refractivity contribution < 1.29 is 18.7 Å². The van der Waals surface area contributed by atoms with Crippen LogP contribution in [0.25, 0.3) is 5.65 Å². The lowest BCUT2D eigenvalue weighted by Gasteiger charge is -2.13. The number of aromatic nitrogens is 2. The first kappa shape index (κ1) is 17.9. The Bertz CT molecular complexity index is 1000. The number of fused-ring (bicyclic) bond motifs is 1. The van der Waals surface area contributed by atoms with E-state index in [0.717, 1.165) is 11.8 Å². The topological polar surface area (TPSA) is 72.7 Å². The van der Waals surface area contributed by atoms with Crippen LogP contribution in [0.1, 0.15) is 23.1 Å². The van der Waals surface area contributed by atoms with Crippen molar-refractivity contribution in [1.29, 1.82) is 0 Å². The molecule has 134 valence electrons. The fourth-order valence-electron chi connectivity index (χ4n) is 2.35. The highest BCUT2D eigenvalue weighted by Crippen LogP contribution is 2.19. The van der Waals surface area contributed by atoms with E-state index in [-0.39, 0.29) is 16.4 Å². The third-order valence-corrected chi connectivity index (χ3v) is 3.98. The van der Waals surface area contributed by atoms with Crippen molar-refractivity contribution in [3.63, 3.8) is 0 Å². The summed E-state index contributed by atoms with van der Waals surface area (Å²) >= 11 is 5.67. The Morgan fingerprint density at radius 1 is 1.31 bits per heavy atom. The Morgan fingerprint density at radius 2 is 2.08 bits per heavy atom. The number of anilines is 1. The molecule has 0 bridgehead atoms. The van der Waals surface area contributed by atoms with Crippen LogP contribution < -0.4 is 5.32 Å². The Morgan fingerprint density at radius 3 is 2.77 bits per heavy atom. The second kappa shape index (κ2) is 7.13. The highest BCUT2D eigenvalue weighted by atomic mass is 35.5. The van der Waals surface area contributed by atoms with E-state index in [2.05, 4.69) is 10.3 Å². The number of amides is 1. The summed E-state index contributed by atoms with van der Waals surface area (Å²) in [7, 11) is 0. The van der Waals surface area contributed by atoms with Crippen LogP contribution in [0.5, 0.6) is 0 Å². The zero-order valence-corrected chi connectivity index (χ0v) is 14.7. The van der Waals surface area contributed by atoms with E-state index in [1.807, 2.05) is 19.1 Å². The summed E-state index contributed by atoms with van der Waals surface area (Å²) in [5.41, 5.74) is 1.53. The van der Waals surface area contributed by atoms with Crippen LogP contribution >= 0.6 is 11.6 Å². The molecule has 1 atom stereocenters. The molecule has 26 heavy (non-hydrogen) atoms. The monoisotopic (exact) mass is 375 g/mol. The van der Waals surface area contributed by atoms with Crippen molar-refractivity contribution in [2.75, 3.05) is 5.32 Å². The maximum atomic E-state index is 13.7. The number of benzene rings is 1. The van der Waals surface area contributed by atoms with Gasteiger partial charge in [0.25, 0.3) is 5.91 Å². The van der Waals surface area contributed by atoms with Gasteiger partial charge in [-0.3, -0.25) is 4.79 Å². The van der Waals surface area contributed by atoms with E-state index in [1.54, 1.807) is 10.5 Å². The van der Waals surface area contributed by atoms with Crippen LogP contribution in [-0.2, 0) is 9.53 Å². The zero-order valence-electron chi connectivity index (χ0n) is 14.0. The number of pyridine rings is 1. The molecule has 0 saturated heterocycles. The van der Waals surface area contributed by atoms with Crippen LogP contribution in [0.2, 0.25) is 5.02 Å². The fraction of sp³-hybridized carbons (Fsp3) is 0.167. The van der Waals surface area contributed by atoms with Gasteiger partial charge in [0.05, 0.1) is 5.69 Å². The number of rotatable bonds is 4. The summed E-state index contributed by atoms with van der Waals surface area (Å²) in [5.74, 6) is -2.09. The number of esters is 1. The molecule has 0 saturated carbocycles. The van der Waals surface area contributed by atoms with Gasteiger partial charge >= 0.3 is 5.97 Å². The number of halogens is 2. The number of carbonyl (C=O) groups excluding carboxylic acids is 2. The lowest BCUT2D eigenvalue weighted by molar-refractivity contribution is -0.123. The average Bonchev–Trinajstić information content (AvgIpc) is 3.03. The maximum absolute atomic E-state index is 13.7. The molecular formula is C18H15ClFN3O3. The molecule has 0 aliphatic rings. The average molecular weight is 376 g/mol. The first-order chi connectivity index (χ1) is 12.3. The SMILES string of the molecule is Cc1cccc2nc(C(=O)O[C@@H](C)C(=O)Nc3ccc(Cl)cc3F)cn12. The minimum atomic E-state index is -1.14. The van der Waals surface area contributed by atoms with Gasteiger partial charge in [-0.05, 0) is 44.2 Å². The van der Waals surface area contributed by atoms with Gasteiger partial charge in [0.2, 0.25) is 0 Å². The molecule has 3 rings (SSSR count). The van der Waals surface area contributed by atoms with Gasteiger partial charge in [0.1, 0.15) is 11.5 Å². The third-order valence-electron chi connectivity index (χ3n) is 3.75. The molecule has 0 radical (unpaired) electrons. The Hall–Kier alpha value is -2.93. The van der Waals surface area contributed by atoms with Crippen molar-refractivity contribution >= 4 is 34.8 Å². The summed E-state index contributed by atoms with van der Waals surface area (Å²) in [6.07, 6.45) is 0.403. The van der Waals surface area contributed by atoms with Crippen molar-refractivity contribution in [3.8, 4) is 0 Å². The van der Waals surface area contributed by atoms with Gasteiger partial charge in [-0.1, -0.05) is 17.7 Å². The van der Waals surface area contributed by atoms with E-state index in [4.69, 9.17) is 16.3 Å². The lowest BCUT2D eigenvalue weighted by atomic mass is 10.3. The summed E-state index contributed by atoms with van der Waals surface area (Å²) in [4.78, 5) is 28.5. The molecule has 3 aromatic rings. The summed E-state index contributed by atoms with van der Waals surface area (Å²) < 4.78 is 20.6. The van der Waals surface area contributed by atoms with E-state index < -0.39 is 23.8 Å². The largest absolute Gasteiger partial charge is 0.448 e. The van der Waals surface area contributed by atoms with Gasteiger partial charge in [-0.2, -0.15) is 0 Å². The van der Waals surface area contributed by atoms with Gasteiger partial charge in [-0.15, -0.1) is 0 Å². The normalized spacial score (nSPS) is 12.0. The van der Waals surface area contributed by atoms with Gasteiger partial charge in [-0.25, -0.2) is 14.2 Å². The quantitative estimate of drug-likeness (QED) is 0.707. The number of imidazole rings is 1. The number of hydrogen-bond acceptors (Lipinski definition) is 4. The Balaban J connectivity index is 1.69. The highest BCUT2D eigenvalue weighted by Gasteiger charge is 2.22. The lowest BCUT2D eigenvalue weighted by Crippen LogP contribution is -2.30. The summed E-state index contributed by atoms with van der Waals surface area (Å²) in [5, 5.41) is 2.56. The number of aryl methyl sites for hydroxylation is 1. The van der Waals surface area contributed by atoms with Crippen LogP contribution in [0.4, 0.5) is 10.1 Å². The van der Waals surface area contributed by atoms with Crippen LogP contribution in [0, 0.1) is 12.7 Å². The standard InChI is InChI=1S/C18H15ClFN3O3/c1-10-4-3-5-16-21-15(9-23(10)16)18(25)26-11(2)17(24)22-14-7-6-12(19)8-13(14)20/h3-9,11H,1-2H3,(H,22,24)/t11-/m0/s1. The van der Waals surface area contributed by atoms with Crippen LogP contribution in [0.15, 0.2) is 42.6 Å².